The van der Waals surface area contributed by atoms with Gasteiger partial charge in [-0.15, -0.1) is 0 Å². The van der Waals surface area contributed by atoms with E-state index >= 15 is 0 Å². The summed E-state index contributed by atoms with van der Waals surface area (Å²) in [7, 11) is -4.16. The molecule has 0 aliphatic carbocycles. The maximum atomic E-state index is 13.7. The van der Waals surface area contributed by atoms with Crippen LogP contribution in [0.15, 0.2) is 0 Å². The first-order chi connectivity index (χ1) is 6.39. The molecule has 2 nitrogen and oxygen atoms in total. The first-order valence-electron chi connectivity index (χ1n) is 4.80. The van der Waals surface area contributed by atoms with Gasteiger partial charge in [0.1, 0.15) is 0 Å². The van der Waals surface area contributed by atoms with Crippen LogP contribution >= 0.6 is 0 Å². The summed E-state index contributed by atoms with van der Waals surface area (Å²) in [5.41, 5.74) is 0. The van der Waals surface area contributed by atoms with Crippen LogP contribution in [0.4, 0.5) is 12.9 Å². The summed E-state index contributed by atoms with van der Waals surface area (Å²) in [6.45, 7) is 4.56. The fourth-order valence-corrected chi connectivity index (χ4v) is 2.89. The van der Waals surface area contributed by atoms with Crippen LogP contribution in [0.5, 0.6) is 0 Å². The molecule has 86 valence electrons. The molecular weight excluding hydrogens is 213 g/mol. The molecule has 0 rings (SSSR count). The van der Waals surface area contributed by atoms with Crippen molar-refractivity contribution in [2.75, 3.05) is 6.61 Å². The second kappa shape index (κ2) is 5.72. The van der Waals surface area contributed by atoms with Crippen molar-refractivity contribution in [3.8, 4) is 0 Å². The number of rotatable bonds is 7. The Balaban J connectivity index is 4.34. The molecule has 0 N–H and O–H groups in total. The number of halogens is 3. The smallest absolute Gasteiger partial charge is 0.371 e. The van der Waals surface area contributed by atoms with Gasteiger partial charge in [-0.25, -0.2) is 4.11 Å². The van der Waals surface area contributed by atoms with E-state index in [1.54, 1.807) is 13.8 Å². The molecule has 0 fully saturated rings. The van der Waals surface area contributed by atoms with Crippen molar-refractivity contribution in [3.05, 3.63) is 0 Å². The summed E-state index contributed by atoms with van der Waals surface area (Å²) in [5.74, 6) is 0. The zero-order valence-electron chi connectivity index (χ0n) is 8.78. The average molecular weight is 230 g/mol. The van der Waals surface area contributed by atoms with Crippen molar-refractivity contribution in [2.24, 2.45) is 0 Å². The van der Waals surface area contributed by atoms with E-state index in [9.17, 15) is 12.9 Å². The van der Waals surface area contributed by atoms with Gasteiger partial charge < -0.3 is 8.85 Å². The monoisotopic (exact) mass is 230 g/mol. The third kappa shape index (κ3) is 4.97. The Bertz CT molecular complexity index is 161. The molecule has 0 heterocycles. The van der Waals surface area contributed by atoms with E-state index in [-0.39, 0.29) is 12.7 Å². The van der Waals surface area contributed by atoms with E-state index in [1.165, 1.54) is 6.92 Å². The van der Waals surface area contributed by atoms with Gasteiger partial charge in [-0.3, -0.25) is 0 Å². The van der Waals surface area contributed by atoms with Crippen molar-refractivity contribution in [2.45, 2.75) is 45.8 Å². The molecule has 1 unspecified atom stereocenters. The van der Waals surface area contributed by atoms with Gasteiger partial charge in [-0.1, -0.05) is 20.3 Å². The second-order valence-electron chi connectivity index (χ2n) is 2.94. The largest absolute Gasteiger partial charge is 0.544 e. The first kappa shape index (κ1) is 13.9. The molecule has 0 aliphatic rings. The minimum Gasteiger partial charge on any atom is -0.371 e. The Morgan fingerprint density at radius 3 is 2.14 bits per heavy atom. The van der Waals surface area contributed by atoms with Gasteiger partial charge in [0.25, 0.3) is 0 Å². The summed E-state index contributed by atoms with van der Waals surface area (Å²) in [6, 6.07) is -0.0591. The summed E-state index contributed by atoms with van der Waals surface area (Å²) < 4.78 is 48.1. The highest BCUT2D eigenvalue weighted by Crippen LogP contribution is 2.29. The van der Waals surface area contributed by atoms with Crippen molar-refractivity contribution < 1.29 is 21.7 Å². The molecule has 0 aromatic carbocycles. The van der Waals surface area contributed by atoms with E-state index < -0.39 is 21.4 Å². The SMILES string of the molecule is CCC[Si](F)(OCC)OC(F)(F)CC. The molecular formula is C8H17F3O2Si. The van der Waals surface area contributed by atoms with Crippen LogP contribution in [0.3, 0.4) is 0 Å². The molecule has 0 spiro atoms. The van der Waals surface area contributed by atoms with Crippen molar-refractivity contribution in [3.63, 3.8) is 0 Å². The Hall–Kier alpha value is -0.0731. The van der Waals surface area contributed by atoms with Gasteiger partial charge in [0, 0.05) is 19.1 Å². The Labute approximate surface area is 83.8 Å². The number of hydrogen-bond acceptors (Lipinski definition) is 2. The van der Waals surface area contributed by atoms with E-state index in [0.29, 0.717) is 6.42 Å². The molecule has 0 aromatic rings. The highest BCUT2D eigenvalue weighted by molar-refractivity contribution is 6.60. The fourth-order valence-electron chi connectivity index (χ4n) is 0.962. The van der Waals surface area contributed by atoms with Crippen molar-refractivity contribution in [1.82, 2.24) is 0 Å². The quantitative estimate of drug-likeness (QED) is 0.493. The average Bonchev–Trinajstić information content (AvgIpc) is 2.03. The molecule has 6 heteroatoms. The minimum absolute atomic E-state index is 0.0581. The number of alkyl halides is 2. The zero-order chi connectivity index (χ0) is 11.2. The maximum Gasteiger partial charge on any atom is 0.544 e. The van der Waals surface area contributed by atoms with E-state index in [2.05, 4.69) is 8.85 Å². The fraction of sp³-hybridized carbons (Fsp3) is 1.00. The van der Waals surface area contributed by atoms with Crippen molar-refractivity contribution in [1.29, 1.82) is 0 Å². The Morgan fingerprint density at radius 1 is 1.21 bits per heavy atom. The lowest BCUT2D eigenvalue weighted by Crippen LogP contribution is -2.43. The first-order valence-corrected chi connectivity index (χ1v) is 6.70. The molecule has 0 saturated carbocycles. The van der Waals surface area contributed by atoms with Crippen LogP contribution < -0.4 is 0 Å². The summed E-state index contributed by atoms with van der Waals surface area (Å²) in [5, 5.41) is 0. The molecule has 0 bridgehead atoms. The Kier molecular flexibility index (Phi) is 5.69. The lowest BCUT2D eigenvalue weighted by molar-refractivity contribution is -0.202. The maximum absolute atomic E-state index is 13.7. The van der Waals surface area contributed by atoms with Crippen molar-refractivity contribution >= 4 is 8.89 Å². The topological polar surface area (TPSA) is 18.5 Å². The molecule has 0 aromatic heterocycles. The molecule has 14 heavy (non-hydrogen) atoms. The highest BCUT2D eigenvalue weighted by atomic mass is 28.4. The predicted octanol–water partition coefficient (Wildman–Crippen LogP) is 3.36. The summed E-state index contributed by atoms with van der Waals surface area (Å²) in [4.78, 5) is 0. The zero-order valence-corrected chi connectivity index (χ0v) is 9.78. The third-order valence-electron chi connectivity index (χ3n) is 1.62. The molecule has 0 amide bonds. The predicted molar refractivity (Wildman–Crippen MR) is 49.9 cm³/mol. The van der Waals surface area contributed by atoms with Gasteiger partial charge in [0.15, 0.2) is 0 Å². The summed E-state index contributed by atoms with van der Waals surface area (Å²) >= 11 is 0. The Morgan fingerprint density at radius 2 is 1.79 bits per heavy atom. The van der Waals surface area contributed by atoms with Crippen LogP contribution in [0.2, 0.25) is 6.04 Å². The molecule has 0 saturated heterocycles. The summed E-state index contributed by atoms with van der Waals surface area (Å²) in [6.07, 6.45) is -3.52. The molecule has 0 radical (unpaired) electrons. The molecule has 0 aliphatic heterocycles. The van der Waals surface area contributed by atoms with Crippen LogP contribution in [0.25, 0.3) is 0 Å². The second-order valence-corrected chi connectivity index (χ2v) is 5.25. The van der Waals surface area contributed by atoms with E-state index in [4.69, 9.17) is 0 Å². The van der Waals surface area contributed by atoms with E-state index in [0.717, 1.165) is 0 Å². The standard InChI is InChI=1S/C8H17F3O2Si/c1-4-7-14(11,12-6-3)13-8(9,10)5-2/h4-7H2,1-3H3. The van der Waals surface area contributed by atoms with Gasteiger partial charge in [-0.05, 0) is 6.92 Å². The normalized spacial score (nSPS) is 16.7. The van der Waals surface area contributed by atoms with Crippen LogP contribution in [0, 0.1) is 0 Å². The van der Waals surface area contributed by atoms with Crippen LogP contribution in [-0.2, 0) is 8.85 Å². The highest BCUT2D eigenvalue weighted by Gasteiger charge is 2.47. The number of hydrogen-bond donors (Lipinski definition) is 0. The van der Waals surface area contributed by atoms with Gasteiger partial charge >= 0.3 is 15.0 Å². The minimum atomic E-state index is -4.16. The van der Waals surface area contributed by atoms with Gasteiger partial charge in [0.05, 0.1) is 0 Å². The lowest BCUT2D eigenvalue weighted by atomic mass is 10.5. The van der Waals surface area contributed by atoms with Gasteiger partial charge in [0.2, 0.25) is 0 Å². The molecule has 1 atom stereocenters. The van der Waals surface area contributed by atoms with Crippen LogP contribution in [-0.4, -0.2) is 21.6 Å². The van der Waals surface area contributed by atoms with Crippen LogP contribution in [0.1, 0.15) is 33.6 Å². The lowest BCUT2D eigenvalue weighted by Gasteiger charge is -2.25. The third-order valence-corrected chi connectivity index (χ3v) is 4.04. The van der Waals surface area contributed by atoms with E-state index in [1.807, 2.05) is 0 Å². The van der Waals surface area contributed by atoms with Gasteiger partial charge in [-0.2, -0.15) is 8.78 Å².